The first kappa shape index (κ1) is 14.5. The van der Waals surface area contributed by atoms with Crippen molar-refractivity contribution in [1.29, 1.82) is 0 Å². The Kier molecular flexibility index (Phi) is 4.35. The van der Waals surface area contributed by atoms with E-state index in [1.165, 1.54) is 6.33 Å². The van der Waals surface area contributed by atoms with Gasteiger partial charge in [-0.3, -0.25) is 0 Å². The summed E-state index contributed by atoms with van der Waals surface area (Å²) in [6, 6.07) is -0.570. The van der Waals surface area contributed by atoms with Crippen LogP contribution in [0.5, 0.6) is 0 Å². The van der Waals surface area contributed by atoms with E-state index >= 15 is 0 Å². The number of aromatic amines is 1. The second kappa shape index (κ2) is 6.01. The van der Waals surface area contributed by atoms with Crippen LogP contribution < -0.4 is 5.73 Å². The molecule has 0 aromatic carbocycles. The second-order valence-corrected chi connectivity index (χ2v) is 4.04. The molecule has 0 radical (unpaired) electrons. The monoisotopic (exact) mass is 291 g/mol. The van der Waals surface area contributed by atoms with Gasteiger partial charge in [0.25, 0.3) is 0 Å². The van der Waals surface area contributed by atoms with E-state index in [0.717, 1.165) is 5.69 Å². The highest BCUT2D eigenvalue weighted by atomic mass is 19.4. The van der Waals surface area contributed by atoms with E-state index in [0.29, 0.717) is 6.42 Å². The third kappa shape index (κ3) is 4.31. The number of rotatable bonds is 6. The van der Waals surface area contributed by atoms with Crippen LogP contribution in [-0.2, 0) is 17.8 Å². The summed E-state index contributed by atoms with van der Waals surface area (Å²) in [6.45, 7) is -1.75. The molecule has 0 aliphatic rings. The maximum absolute atomic E-state index is 11.9. The molecule has 0 aliphatic carbocycles. The van der Waals surface area contributed by atoms with Gasteiger partial charge >= 0.3 is 6.18 Å². The summed E-state index contributed by atoms with van der Waals surface area (Å²) in [6.07, 6.45) is -0.884. The molecule has 0 fully saturated rings. The Morgan fingerprint density at radius 1 is 1.45 bits per heavy atom. The minimum absolute atomic E-state index is 0.0179. The van der Waals surface area contributed by atoms with E-state index in [-0.39, 0.29) is 18.3 Å². The van der Waals surface area contributed by atoms with Crippen molar-refractivity contribution < 1.29 is 22.4 Å². The molecular formula is C10H12F3N5O2. The van der Waals surface area contributed by atoms with Crippen molar-refractivity contribution in [3.05, 3.63) is 29.9 Å². The number of imidazole rings is 1. The number of nitrogens with two attached hydrogens (primary N) is 1. The average Bonchev–Trinajstić information content (AvgIpc) is 2.98. The number of aromatic nitrogens is 4. The van der Waals surface area contributed by atoms with Gasteiger partial charge in [-0.2, -0.15) is 18.2 Å². The molecule has 20 heavy (non-hydrogen) atoms. The highest BCUT2D eigenvalue weighted by Gasteiger charge is 2.27. The summed E-state index contributed by atoms with van der Waals surface area (Å²) in [5.41, 5.74) is 6.62. The summed E-state index contributed by atoms with van der Waals surface area (Å²) in [5.74, 6) is 0.148. The lowest BCUT2D eigenvalue weighted by molar-refractivity contribution is -0.177. The molecule has 2 rings (SSSR count). The van der Waals surface area contributed by atoms with Gasteiger partial charge < -0.3 is 20.0 Å². The zero-order valence-corrected chi connectivity index (χ0v) is 10.2. The number of halogens is 3. The van der Waals surface area contributed by atoms with Gasteiger partial charge in [-0.05, 0) is 0 Å². The van der Waals surface area contributed by atoms with Gasteiger partial charge in [-0.25, -0.2) is 4.98 Å². The van der Waals surface area contributed by atoms with Gasteiger partial charge in [0.05, 0.1) is 12.4 Å². The van der Waals surface area contributed by atoms with E-state index in [1.807, 2.05) is 0 Å². The van der Waals surface area contributed by atoms with Crippen molar-refractivity contribution in [1.82, 2.24) is 20.1 Å². The molecule has 0 amide bonds. The number of alkyl halides is 3. The van der Waals surface area contributed by atoms with E-state index < -0.39 is 18.8 Å². The van der Waals surface area contributed by atoms with Crippen LogP contribution in [0.15, 0.2) is 17.0 Å². The Hall–Kier alpha value is -1.94. The fraction of sp³-hybridized carbons (Fsp3) is 0.500. The third-order valence-electron chi connectivity index (χ3n) is 2.29. The van der Waals surface area contributed by atoms with Crippen LogP contribution in [0.4, 0.5) is 13.2 Å². The van der Waals surface area contributed by atoms with Crippen LogP contribution in [-0.4, -0.2) is 32.9 Å². The minimum atomic E-state index is -4.39. The molecule has 1 atom stereocenters. The molecular weight excluding hydrogens is 279 g/mol. The Balaban J connectivity index is 1.85. The topological polar surface area (TPSA) is 103 Å². The number of hydrogen-bond donors (Lipinski definition) is 2. The number of nitrogens with one attached hydrogen (secondary N) is 1. The summed E-state index contributed by atoms with van der Waals surface area (Å²) >= 11 is 0. The lowest BCUT2D eigenvalue weighted by Gasteiger charge is -2.05. The number of nitrogens with zero attached hydrogens (tertiary/aromatic N) is 3. The molecule has 0 bridgehead atoms. The van der Waals surface area contributed by atoms with Crippen molar-refractivity contribution in [2.24, 2.45) is 5.73 Å². The first-order valence-electron chi connectivity index (χ1n) is 5.64. The predicted octanol–water partition coefficient (Wildman–Crippen LogP) is 1.11. The molecule has 0 saturated carbocycles. The van der Waals surface area contributed by atoms with Crippen LogP contribution in [0.3, 0.4) is 0 Å². The van der Waals surface area contributed by atoms with Crippen LogP contribution in [0.25, 0.3) is 0 Å². The summed E-state index contributed by atoms with van der Waals surface area (Å²) in [7, 11) is 0. The second-order valence-electron chi connectivity index (χ2n) is 4.04. The van der Waals surface area contributed by atoms with E-state index in [1.54, 1.807) is 6.20 Å². The number of H-pyrrole nitrogens is 1. The maximum Gasteiger partial charge on any atom is 0.411 e. The van der Waals surface area contributed by atoms with Crippen LogP contribution in [0.2, 0.25) is 0 Å². The van der Waals surface area contributed by atoms with Crippen LogP contribution >= 0.6 is 0 Å². The Bertz CT molecular complexity index is 525. The summed E-state index contributed by atoms with van der Waals surface area (Å²) in [4.78, 5) is 10.6. The van der Waals surface area contributed by atoms with Gasteiger partial charge in [-0.1, -0.05) is 5.16 Å². The molecule has 3 N–H and O–H groups in total. The molecule has 7 nitrogen and oxygen atoms in total. The van der Waals surface area contributed by atoms with Gasteiger partial charge in [-0.15, -0.1) is 0 Å². The highest BCUT2D eigenvalue weighted by Crippen LogP contribution is 2.16. The summed E-state index contributed by atoms with van der Waals surface area (Å²) in [5, 5.41) is 3.50. The normalized spacial score (nSPS) is 13.6. The Morgan fingerprint density at radius 3 is 2.90 bits per heavy atom. The third-order valence-corrected chi connectivity index (χ3v) is 2.29. The quantitative estimate of drug-likeness (QED) is 0.826. The number of hydrogen-bond acceptors (Lipinski definition) is 6. The van der Waals surface area contributed by atoms with E-state index in [4.69, 9.17) is 10.3 Å². The Morgan fingerprint density at radius 2 is 2.25 bits per heavy atom. The molecule has 110 valence electrons. The fourth-order valence-corrected chi connectivity index (χ4v) is 1.46. The highest BCUT2D eigenvalue weighted by molar-refractivity contribution is 5.01. The molecule has 2 heterocycles. The van der Waals surface area contributed by atoms with Crippen molar-refractivity contribution in [3.8, 4) is 0 Å². The predicted molar refractivity (Wildman–Crippen MR) is 59.2 cm³/mol. The molecule has 0 aliphatic heterocycles. The Labute approximate surface area is 111 Å². The van der Waals surface area contributed by atoms with Gasteiger partial charge in [0.15, 0.2) is 5.82 Å². The maximum atomic E-state index is 11.9. The van der Waals surface area contributed by atoms with Crippen LogP contribution in [0.1, 0.15) is 23.5 Å². The molecule has 2 aromatic heterocycles. The smallest absolute Gasteiger partial charge is 0.364 e. The molecule has 2 aromatic rings. The van der Waals surface area contributed by atoms with E-state index in [2.05, 4.69) is 24.8 Å². The fourth-order valence-electron chi connectivity index (χ4n) is 1.46. The largest absolute Gasteiger partial charge is 0.411 e. The van der Waals surface area contributed by atoms with E-state index in [9.17, 15) is 13.2 Å². The first-order valence-corrected chi connectivity index (χ1v) is 5.64. The average molecular weight is 291 g/mol. The lowest BCUT2D eigenvalue weighted by Crippen LogP contribution is -2.17. The lowest BCUT2D eigenvalue weighted by atomic mass is 10.2. The molecule has 0 spiro atoms. The first-order chi connectivity index (χ1) is 9.44. The van der Waals surface area contributed by atoms with Gasteiger partial charge in [0.1, 0.15) is 13.2 Å². The van der Waals surface area contributed by atoms with Crippen molar-refractivity contribution in [3.63, 3.8) is 0 Å². The number of ether oxygens (including phenoxy) is 1. The molecule has 1 unspecified atom stereocenters. The van der Waals surface area contributed by atoms with Crippen molar-refractivity contribution >= 4 is 0 Å². The SMILES string of the molecule is NC(Cc1cnc[nH]1)c1nc(COCC(F)(F)F)no1. The molecule has 10 heteroatoms. The summed E-state index contributed by atoms with van der Waals surface area (Å²) < 4.78 is 44.9. The molecule has 0 saturated heterocycles. The standard InChI is InChI=1S/C10H12F3N5O2/c11-10(12,13)4-19-3-8-17-9(20-18-8)7(14)1-6-2-15-5-16-6/h2,5,7H,1,3-4,14H2,(H,15,16). The van der Waals surface area contributed by atoms with Crippen LogP contribution in [0, 0.1) is 0 Å². The van der Waals surface area contributed by atoms with Gasteiger partial charge in [0.2, 0.25) is 5.89 Å². The minimum Gasteiger partial charge on any atom is -0.364 e. The van der Waals surface area contributed by atoms with Gasteiger partial charge in [0, 0.05) is 18.3 Å². The van der Waals surface area contributed by atoms with Crippen molar-refractivity contribution in [2.75, 3.05) is 6.61 Å². The van der Waals surface area contributed by atoms with Crippen molar-refractivity contribution in [2.45, 2.75) is 25.2 Å². The zero-order chi connectivity index (χ0) is 14.6. The zero-order valence-electron chi connectivity index (χ0n) is 10.2.